The van der Waals surface area contributed by atoms with E-state index in [0.29, 0.717) is 12.1 Å². The molecule has 1 heterocycles. The molecule has 4 atom stereocenters. The van der Waals surface area contributed by atoms with Crippen LogP contribution in [-0.4, -0.2) is 24.8 Å². The molecule has 1 saturated heterocycles. The van der Waals surface area contributed by atoms with E-state index in [1.54, 1.807) is 0 Å². The van der Waals surface area contributed by atoms with Crippen molar-refractivity contribution in [2.45, 2.75) is 70.1 Å². The molecule has 2 saturated carbocycles. The van der Waals surface area contributed by atoms with Crippen LogP contribution in [0.1, 0.15) is 51.9 Å². The summed E-state index contributed by atoms with van der Waals surface area (Å²) in [4.78, 5) is 0. The molecule has 0 radical (unpaired) electrons. The van der Waals surface area contributed by atoms with E-state index in [4.69, 9.17) is 4.74 Å². The van der Waals surface area contributed by atoms with Gasteiger partial charge in [0.25, 0.3) is 0 Å². The van der Waals surface area contributed by atoms with Crippen LogP contribution in [0.4, 0.5) is 0 Å². The third-order valence-corrected chi connectivity index (χ3v) is 4.76. The summed E-state index contributed by atoms with van der Waals surface area (Å²) in [5.41, 5.74) is 0. The van der Waals surface area contributed by atoms with Crippen molar-refractivity contribution in [2.24, 2.45) is 11.8 Å². The Balaban J connectivity index is 1.55. The van der Waals surface area contributed by atoms with Crippen LogP contribution in [0.5, 0.6) is 0 Å². The standard InChI is InChI=1S/C14H25NO/c1-10-4-2-3-5-12(10)15-13-8-9-16-14(13)11-6-7-11/h10-15H,2-9H2,1H3. The summed E-state index contributed by atoms with van der Waals surface area (Å²) in [5, 5.41) is 3.91. The fraction of sp³-hybridized carbons (Fsp3) is 1.00. The molecule has 0 aromatic rings. The van der Waals surface area contributed by atoms with Gasteiger partial charge in [-0.15, -0.1) is 0 Å². The number of hydrogen-bond donors (Lipinski definition) is 1. The summed E-state index contributed by atoms with van der Waals surface area (Å²) in [5.74, 6) is 1.76. The van der Waals surface area contributed by atoms with Gasteiger partial charge >= 0.3 is 0 Å². The topological polar surface area (TPSA) is 21.3 Å². The van der Waals surface area contributed by atoms with Crippen molar-refractivity contribution in [3.63, 3.8) is 0 Å². The van der Waals surface area contributed by atoms with Crippen LogP contribution >= 0.6 is 0 Å². The molecule has 92 valence electrons. The highest BCUT2D eigenvalue weighted by Crippen LogP contribution is 2.39. The lowest BCUT2D eigenvalue weighted by Gasteiger charge is -2.33. The van der Waals surface area contributed by atoms with Gasteiger partial charge in [-0.1, -0.05) is 19.8 Å². The minimum absolute atomic E-state index is 0.550. The smallest absolute Gasteiger partial charge is 0.0757 e. The monoisotopic (exact) mass is 223 g/mol. The van der Waals surface area contributed by atoms with Crippen molar-refractivity contribution in [2.75, 3.05) is 6.61 Å². The second-order valence-electron chi connectivity index (χ2n) is 6.10. The second kappa shape index (κ2) is 4.66. The van der Waals surface area contributed by atoms with E-state index in [9.17, 15) is 0 Å². The van der Waals surface area contributed by atoms with Crippen molar-refractivity contribution >= 4 is 0 Å². The molecule has 0 aromatic carbocycles. The zero-order chi connectivity index (χ0) is 11.0. The van der Waals surface area contributed by atoms with Gasteiger partial charge < -0.3 is 10.1 Å². The van der Waals surface area contributed by atoms with Crippen molar-refractivity contribution < 1.29 is 4.74 Å². The molecule has 1 N–H and O–H groups in total. The van der Waals surface area contributed by atoms with Gasteiger partial charge in [0, 0.05) is 18.7 Å². The maximum atomic E-state index is 5.90. The molecular weight excluding hydrogens is 198 g/mol. The lowest BCUT2D eigenvalue weighted by molar-refractivity contribution is 0.0752. The predicted molar refractivity (Wildman–Crippen MR) is 65.4 cm³/mol. The largest absolute Gasteiger partial charge is 0.376 e. The average molecular weight is 223 g/mol. The first-order valence-electron chi connectivity index (χ1n) is 7.22. The lowest BCUT2D eigenvalue weighted by atomic mass is 9.85. The van der Waals surface area contributed by atoms with E-state index in [2.05, 4.69) is 12.2 Å². The molecule has 0 amide bonds. The molecule has 2 heteroatoms. The molecule has 3 rings (SSSR count). The summed E-state index contributed by atoms with van der Waals surface area (Å²) in [7, 11) is 0. The third-order valence-electron chi connectivity index (χ3n) is 4.76. The highest BCUT2D eigenvalue weighted by atomic mass is 16.5. The maximum Gasteiger partial charge on any atom is 0.0757 e. The van der Waals surface area contributed by atoms with Gasteiger partial charge in [-0.25, -0.2) is 0 Å². The molecule has 3 fully saturated rings. The average Bonchev–Trinajstić information content (AvgIpc) is 3.03. The van der Waals surface area contributed by atoms with Gasteiger partial charge in [0.1, 0.15) is 0 Å². The predicted octanol–water partition coefficient (Wildman–Crippen LogP) is 2.72. The zero-order valence-electron chi connectivity index (χ0n) is 10.5. The summed E-state index contributed by atoms with van der Waals surface area (Å²) >= 11 is 0. The van der Waals surface area contributed by atoms with E-state index in [1.165, 1.54) is 44.9 Å². The SMILES string of the molecule is CC1CCCCC1NC1CCOC1C1CC1. The first-order chi connectivity index (χ1) is 7.84. The van der Waals surface area contributed by atoms with Gasteiger partial charge in [-0.2, -0.15) is 0 Å². The minimum atomic E-state index is 0.550. The molecule has 4 unspecified atom stereocenters. The van der Waals surface area contributed by atoms with E-state index < -0.39 is 0 Å². The summed E-state index contributed by atoms with van der Waals surface area (Å²) in [6, 6.07) is 1.43. The highest BCUT2D eigenvalue weighted by Gasteiger charge is 2.41. The third kappa shape index (κ3) is 2.28. The van der Waals surface area contributed by atoms with Gasteiger partial charge in [0.05, 0.1) is 6.10 Å². The van der Waals surface area contributed by atoms with Gasteiger partial charge in [-0.05, 0) is 43.9 Å². The van der Waals surface area contributed by atoms with Crippen molar-refractivity contribution in [3.8, 4) is 0 Å². The number of nitrogens with one attached hydrogen (secondary N) is 1. The second-order valence-corrected chi connectivity index (χ2v) is 6.10. The minimum Gasteiger partial charge on any atom is -0.376 e. The first kappa shape index (κ1) is 11.0. The van der Waals surface area contributed by atoms with Crippen LogP contribution in [0.3, 0.4) is 0 Å². The number of ether oxygens (including phenoxy) is 1. The highest BCUT2D eigenvalue weighted by molar-refractivity contribution is 4.95. The Labute approximate surface area is 99.1 Å². The van der Waals surface area contributed by atoms with Crippen LogP contribution in [0.25, 0.3) is 0 Å². The van der Waals surface area contributed by atoms with Crippen LogP contribution in [-0.2, 0) is 4.74 Å². The van der Waals surface area contributed by atoms with Crippen molar-refractivity contribution in [3.05, 3.63) is 0 Å². The molecule has 2 aliphatic carbocycles. The Morgan fingerprint density at radius 2 is 1.75 bits per heavy atom. The molecule has 1 aliphatic heterocycles. The molecular formula is C14H25NO. The van der Waals surface area contributed by atoms with Crippen molar-refractivity contribution in [1.82, 2.24) is 5.32 Å². The fourth-order valence-corrected chi connectivity index (χ4v) is 3.52. The summed E-state index contributed by atoms with van der Waals surface area (Å²) in [6.45, 7) is 3.40. The Bertz CT molecular complexity index is 239. The first-order valence-corrected chi connectivity index (χ1v) is 7.22. The molecule has 3 aliphatic rings. The maximum absolute atomic E-state index is 5.90. The lowest BCUT2D eigenvalue weighted by Crippen LogP contribution is -2.47. The van der Waals surface area contributed by atoms with Gasteiger partial charge in [0.15, 0.2) is 0 Å². The number of rotatable bonds is 3. The molecule has 0 aromatic heterocycles. The fourth-order valence-electron chi connectivity index (χ4n) is 3.52. The summed E-state index contributed by atoms with van der Waals surface area (Å²) in [6.07, 6.45) is 10.3. The van der Waals surface area contributed by atoms with Gasteiger partial charge in [-0.3, -0.25) is 0 Å². The van der Waals surface area contributed by atoms with Crippen LogP contribution < -0.4 is 5.32 Å². The Hall–Kier alpha value is -0.0800. The van der Waals surface area contributed by atoms with Crippen LogP contribution in [0.15, 0.2) is 0 Å². The normalized spacial score (nSPS) is 44.8. The van der Waals surface area contributed by atoms with E-state index >= 15 is 0 Å². The van der Waals surface area contributed by atoms with Crippen molar-refractivity contribution in [1.29, 1.82) is 0 Å². The number of hydrogen-bond acceptors (Lipinski definition) is 2. The molecule has 0 spiro atoms. The quantitative estimate of drug-likeness (QED) is 0.794. The Morgan fingerprint density at radius 3 is 2.50 bits per heavy atom. The Morgan fingerprint density at radius 1 is 0.938 bits per heavy atom. The van der Waals surface area contributed by atoms with Crippen LogP contribution in [0.2, 0.25) is 0 Å². The zero-order valence-corrected chi connectivity index (χ0v) is 10.5. The van der Waals surface area contributed by atoms with Crippen LogP contribution in [0, 0.1) is 11.8 Å². The molecule has 0 bridgehead atoms. The van der Waals surface area contributed by atoms with E-state index in [1.807, 2.05) is 0 Å². The van der Waals surface area contributed by atoms with E-state index in [-0.39, 0.29) is 0 Å². The summed E-state index contributed by atoms with van der Waals surface area (Å²) < 4.78 is 5.90. The van der Waals surface area contributed by atoms with Gasteiger partial charge in [0.2, 0.25) is 0 Å². The van der Waals surface area contributed by atoms with E-state index in [0.717, 1.165) is 24.5 Å². The molecule has 2 nitrogen and oxygen atoms in total. The Kier molecular flexibility index (Phi) is 3.21. The molecule has 16 heavy (non-hydrogen) atoms.